The van der Waals surface area contributed by atoms with Crippen molar-refractivity contribution in [3.63, 3.8) is 0 Å². The molecule has 0 spiro atoms. The van der Waals surface area contributed by atoms with Crippen molar-refractivity contribution in [3.05, 3.63) is 35.4 Å². The molecule has 1 aliphatic rings. The van der Waals surface area contributed by atoms with Gasteiger partial charge in [-0.2, -0.15) is 11.8 Å². The summed E-state index contributed by atoms with van der Waals surface area (Å²) < 4.78 is 26.6. The topological polar surface area (TPSA) is 20.3 Å². The van der Waals surface area contributed by atoms with E-state index in [4.69, 9.17) is 0 Å². The molecule has 0 aromatic heterocycles. The van der Waals surface area contributed by atoms with Gasteiger partial charge in [-0.25, -0.2) is 8.78 Å². The molecule has 0 atom stereocenters. The van der Waals surface area contributed by atoms with Crippen LogP contribution in [-0.2, 0) is 0 Å². The van der Waals surface area contributed by atoms with Crippen LogP contribution >= 0.6 is 11.8 Å². The Morgan fingerprint density at radius 3 is 2.78 bits per heavy atom. The summed E-state index contributed by atoms with van der Waals surface area (Å²) in [5.41, 5.74) is -0.183. The Kier molecular flexibility index (Phi) is 3.61. The molecule has 0 saturated carbocycles. The molecule has 98 valence electrons. The molecule has 0 unspecified atom stereocenters. The molecule has 5 heteroatoms. The third kappa shape index (κ3) is 2.66. The highest BCUT2D eigenvalue weighted by Gasteiger charge is 2.31. The van der Waals surface area contributed by atoms with Crippen molar-refractivity contribution in [2.75, 3.05) is 18.8 Å². The normalized spacial score (nSPS) is 18.8. The molecule has 0 aliphatic carbocycles. The first-order valence-corrected chi connectivity index (χ1v) is 6.76. The fourth-order valence-corrected chi connectivity index (χ4v) is 3.14. The fraction of sp³-hybridized carbons (Fsp3) is 0.462. The second-order valence-electron chi connectivity index (χ2n) is 4.94. The second-order valence-corrected chi connectivity index (χ2v) is 6.74. The molecule has 2 nitrogen and oxygen atoms in total. The van der Waals surface area contributed by atoms with E-state index in [-0.39, 0.29) is 10.3 Å². The number of carbonyl (C=O) groups excluding carboxylic acids is 1. The van der Waals surface area contributed by atoms with Crippen LogP contribution in [0.2, 0.25) is 0 Å². The lowest BCUT2D eigenvalue weighted by molar-refractivity contribution is 0.0742. The zero-order valence-corrected chi connectivity index (χ0v) is 11.2. The third-order valence-electron chi connectivity index (χ3n) is 2.89. The molecular formula is C13H15F2NOS. The van der Waals surface area contributed by atoms with Crippen molar-refractivity contribution in [1.29, 1.82) is 0 Å². The molecule has 0 N–H and O–H groups in total. The highest BCUT2D eigenvalue weighted by atomic mass is 32.2. The Labute approximate surface area is 109 Å². The Morgan fingerprint density at radius 1 is 1.39 bits per heavy atom. The van der Waals surface area contributed by atoms with Gasteiger partial charge in [-0.1, -0.05) is 6.07 Å². The molecular weight excluding hydrogens is 256 g/mol. The van der Waals surface area contributed by atoms with E-state index < -0.39 is 17.5 Å². The zero-order valence-electron chi connectivity index (χ0n) is 10.4. The predicted molar refractivity (Wildman–Crippen MR) is 68.8 cm³/mol. The molecule has 0 bridgehead atoms. The number of benzene rings is 1. The summed E-state index contributed by atoms with van der Waals surface area (Å²) in [6, 6.07) is 3.70. The molecule has 1 aromatic carbocycles. The van der Waals surface area contributed by atoms with Gasteiger partial charge in [0.15, 0.2) is 11.6 Å². The van der Waals surface area contributed by atoms with Crippen LogP contribution in [0.5, 0.6) is 0 Å². The van der Waals surface area contributed by atoms with Crippen molar-refractivity contribution in [1.82, 2.24) is 4.90 Å². The number of hydrogen-bond acceptors (Lipinski definition) is 2. The number of nitrogens with zero attached hydrogens (tertiary/aromatic N) is 1. The van der Waals surface area contributed by atoms with Crippen molar-refractivity contribution in [3.8, 4) is 0 Å². The quantitative estimate of drug-likeness (QED) is 0.782. The maximum atomic E-state index is 13.6. The average Bonchev–Trinajstić information content (AvgIpc) is 2.30. The first-order valence-electron chi connectivity index (χ1n) is 5.78. The van der Waals surface area contributed by atoms with Crippen molar-refractivity contribution in [2.45, 2.75) is 18.6 Å². The number of amides is 1. The summed E-state index contributed by atoms with van der Waals surface area (Å²) >= 11 is 1.78. The molecule has 1 aromatic rings. The first kappa shape index (κ1) is 13.3. The van der Waals surface area contributed by atoms with Crippen LogP contribution in [0.1, 0.15) is 24.2 Å². The standard InChI is InChI=1S/C13H15F2NOS/c1-13(2)8-16(6-7-18-13)12(17)9-4-3-5-10(14)11(9)15/h3-5H,6-8H2,1-2H3. The van der Waals surface area contributed by atoms with E-state index in [1.807, 2.05) is 13.8 Å². The summed E-state index contributed by atoms with van der Waals surface area (Å²) in [7, 11) is 0. The lowest BCUT2D eigenvalue weighted by Gasteiger charge is -2.37. The largest absolute Gasteiger partial charge is 0.336 e. The molecule has 1 amide bonds. The molecule has 18 heavy (non-hydrogen) atoms. The smallest absolute Gasteiger partial charge is 0.257 e. The van der Waals surface area contributed by atoms with Gasteiger partial charge in [0.05, 0.1) is 5.56 Å². The summed E-state index contributed by atoms with van der Waals surface area (Å²) in [4.78, 5) is 13.8. The minimum absolute atomic E-state index is 0.0439. The summed E-state index contributed by atoms with van der Waals surface area (Å²) in [5, 5.41) is 0. The maximum Gasteiger partial charge on any atom is 0.257 e. The van der Waals surface area contributed by atoms with Crippen LogP contribution in [0.4, 0.5) is 8.78 Å². The van der Waals surface area contributed by atoms with E-state index in [0.717, 1.165) is 11.8 Å². The Morgan fingerprint density at radius 2 is 2.11 bits per heavy atom. The monoisotopic (exact) mass is 271 g/mol. The molecule has 1 heterocycles. The highest BCUT2D eigenvalue weighted by Crippen LogP contribution is 2.30. The van der Waals surface area contributed by atoms with Crippen LogP contribution in [0.3, 0.4) is 0 Å². The van der Waals surface area contributed by atoms with Gasteiger partial charge in [0, 0.05) is 23.6 Å². The van der Waals surface area contributed by atoms with Crippen molar-refractivity contribution < 1.29 is 13.6 Å². The number of rotatable bonds is 1. The van der Waals surface area contributed by atoms with Gasteiger partial charge in [-0.15, -0.1) is 0 Å². The minimum atomic E-state index is -1.06. The minimum Gasteiger partial charge on any atom is -0.336 e. The van der Waals surface area contributed by atoms with Gasteiger partial charge in [-0.05, 0) is 26.0 Å². The lowest BCUT2D eigenvalue weighted by Crippen LogP contribution is -2.46. The Balaban J connectivity index is 2.23. The summed E-state index contributed by atoms with van der Waals surface area (Å²) in [5.74, 6) is -1.65. The van der Waals surface area contributed by atoms with Crippen LogP contribution < -0.4 is 0 Å². The van der Waals surface area contributed by atoms with Gasteiger partial charge < -0.3 is 4.90 Å². The fourth-order valence-electron chi connectivity index (χ4n) is 2.03. The summed E-state index contributed by atoms with van der Waals surface area (Å²) in [6.07, 6.45) is 0. The SMILES string of the molecule is CC1(C)CN(C(=O)c2cccc(F)c2F)CCS1. The summed E-state index contributed by atoms with van der Waals surface area (Å²) in [6.45, 7) is 5.20. The Bertz CT molecular complexity index is 476. The number of hydrogen-bond donors (Lipinski definition) is 0. The second kappa shape index (κ2) is 4.88. The third-order valence-corrected chi connectivity index (χ3v) is 4.19. The highest BCUT2D eigenvalue weighted by molar-refractivity contribution is 8.00. The zero-order chi connectivity index (χ0) is 13.3. The van der Waals surface area contributed by atoms with Gasteiger partial charge >= 0.3 is 0 Å². The van der Waals surface area contributed by atoms with Gasteiger partial charge in [0.2, 0.25) is 0 Å². The van der Waals surface area contributed by atoms with Crippen molar-refractivity contribution >= 4 is 17.7 Å². The number of halogens is 2. The van der Waals surface area contributed by atoms with E-state index in [1.54, 1.807) is 16.7 Å². The van der Waals surface area contributed by atoms with Crippen molar-refractivity contribution in [2.24, 2.45) is 0 Å². The maximum absolute atomic E-state index is 13.6. The van der Waals surface area contributed by atoms with Gasteiger partial charge in [0.25, 0.3) is 5.91 Å². The first-order chi connectivity index (χ1) is 8.41. The van der Waals surface area contributed by atoms with Crippen LogP contribution in [-0.4, -0.2) is 34.4 Å². The average molecular weight is 271 g/mol. The lowest BCUT2D eigenvalue weighted by atomic mass is 10.1. The van der Waals surface area contributed by atoms with E-state index in [1.165, 1.54) is 12.1 Å². The van der Waals surface area contributed by atoms with E-state index in [2.05, 4.69) is 0 Å². The predicted octanol–water partition coefficient (Wildman–Crippen LogP) is 2.93. The number of thioether (sulfide) groups is 1. The van der Waals surface area contributed by atoms with E-state index in [0.29, 0.717) is 13.1 Å². The van der Waals surface area contributed by atoms with Crippen LogP contribution in [0, 0.1) is 11.6 Å². The molecule has 1 saturated heterocycles. The Hall–Kier alpha value is -1.10. The van der Waals surface area contributed by atoms with Crippen LogP contribution in [0.25, 0.3) is 0 Å². The molecule has 0 radical (unpaired) electrons. The van der Waals surface area contributed by atoms with Crippen LogP contribution in [0.15, 0.2) is 18.2 Å². The van der Waals surface area contributed by atoms with E-state index >= 15 is 0 Å². The molecule has 1 aliphatic heterocycles. The molecule has 2 rings (SSSR count). The molecule has 1 fully saturated rings. The van der Waals surface area contributed by atoms with Gasteiger partial charge in [-0.3, -0.25) is 4.79 Å². The number of carbonyl (C=O) groups is 1. The van der Waals surface area contributed by atoms with E-state index in [9.17, 15) is 13.6 Å². The van der Waals surface area contributed by atoms with Gasteiger partial charge in [0.1, 0.15) is 0 Å².